The van der Waals surface area contributed by atoms with Crippen LogP contribution in [0.25, 0.3) is 10.4 Å². The summed E-state index contributed by atoms with van der Waals surface area (Å²) < 4.78 is 9.41. The van der Waals surface area contributed by atoms with Gasteiger partial charge in [0.1, 0.15) is 5.56 Å². The van der Waals surface area contributed by atoms with Crippen LogP contribution in [-0.4, -0.2) is 16.2 Å². The average molecular weight is 268 g/mol. The normalized spacial score (nSPS) is 10.2. The van der Waals surface area contributed by atoms with Crippen molar-refractivity contribution in [3.63, 3.8) is 0 Å². The predicted octanol–water partition coefficient (Wildman–Crippen LogP) is 3.59. The maximum absolute atomic E-state index is 11.4. The number of hydrogen-bond donors (Lipinski definition) is 0. The number of benzene rings is 1. The molecule has 0 saturated heterocycles. The van der Waals surface area contributed by atoms with E-state index in [-0.39, 0.29) is 0 Å². The molecule has 0 N–H and O–H groups in total. The summed E-state index contributed by atoms with van der Waals surface area (Å²) in [6, 6.07) is 9.53. The first-order chi connectivity index (χ1) is 8.24. The Balaban J connectivity index is 2.52. The number of nitrogens with zero attached hydrogens (tertiary/aromatic N) is 1. The first-order valence-electron chi connectivity index (χ1n) is 5.11. The molecule has 0 spiro atoms. The highest BCUT2D eigenvalue weighted by atomic mass is 35.5. The lowest BCUT2D eigenvalue weighted by atomic mass is 10.1. The number of carbonyl (C=O) groups is 1. The average Bonchev–Trinajstić information content (AvgIpc) is 2.74. The van der Waals surface area contributed by atoms with Crippen molar-refractivity contribution in [2.24, 2.45) is 0 Å². The van der Waals surface area contributed by atoms with Crippen LogP contribution in [0.1, 0.15) is 17.3 Å². The molecule has 0 saturated carbocycles. The molecule has 3 nitrogen and oxygen atoms in total. The van der Waals surface area contributed by atoms with Crippen molar-refractivity contribution in [3.05, 3.63) is 35.9 Å². The van der Waals surface area contributed by atoms with E-state index < -0.39 is 5.24 Å². The second kappa shape index (κ2) is 5.29. The van der Waals surface area contributed by atoms with Gasteiger partial charge in [-0.1, -0.05) is 30.3 Å². The molecule has 0 bridgehead atoms. The zero-order valence-electron chi connectivity index (χ0n) is 9.14. The van der Waals surface area contributed by atoms with Crippen LogP contribution in [0, 0.1) is 0 Å². The van der Waals surface area contributed by atoms with Crippen molar-refractivity contribution < 1.29 is 9.53 Å². The molecule has 5 heteroatoms. The monoisotopic (exact) mass is 267 g/mol. The van der Waals surface area contributed by atoms with Crippen LogP contribution in [-0.2, 0) is 0 Å². The van der Waals surface area contributed by atoms with E-state index in [0.717, 1.165) is 10.4 Å². The molecule has 2 aromatic rings. The number of ether oxygens (including phenoxy) is 1. The minimum absolute atomic E-state index is 0.316. The molecule has 0 atom stereocenters. The zero-order chi connectivity index (χ0) is 12.3. The van der Waals surface area contributed by atoms with Crippen LogP contribution < -0.4 is 4.74 Å². The first kappa shape index (κ1) is 12.1. The van der Waals surface area contributed by atoms with Crippen molar-refractivity contribution in [1.82, 2.24) is 4.37 Å². The van der Waals surface area contributed by atoms with Gasteiger partial charge in [0.2, 0.25) is 5.88 Å². The van der Waals surface area contributed by atoms with E-state index in [4.69, 9.17) is 16.3 Å². The summed E-state index contributed by atoms with van der Waals surface area (Å²) in [7, 11) is 0. The Morgan fingerprint density at radius 3 is 2.71 bits per heavy atom. The third kappa shape index (κ3) is 2.48. The van der Waals surface area contributed by atoms with Crippen LogP contribution in [0.3, 0.4) is 0 Å². The molecule has 1 aromatic heterocycles. The van der Waals surface area contributed by atoms with Gasteiger partial charge < -0.3 is 4.74 Å². The highest BCUT2D eigenvalue weighted by Gasteiger charge is 2.21. The Hall–Kier alpha value is -1.39. The predicted molar refractivity (Wildman–Crippen MR) is 68.9 cm³/mol. The summed E-state index contributed by atoms with van der Waals surface area (Å²) in [6.07, 6.45) is 0. The van der Waals surface area contributed by atoms with Gasteiger partial charge in [0, 0.05) is 0 Å². The summed E-state index contributed by atoms with van der Waals surface area (Å²) in [5.74, 6) is 0.316. The van der Waals surface area contributed by atoms with Crippen molar-refractivity contribution in [1.29, 1.82) is 0 Å². The maximum atomic E-state index is 11.4. The summed E-state index contributed by atoms with van der Waals surface area (Å²) >= 11 is 6.81. The van der Waals surface area contributed by atoms with Crippen LogP contribution in [0.15, 0.2) is 30.3 Å². The van der Waals surface area contributed by atoms with E-state index in [1.807, 2.05) is 37.3 Å². The molecule has 1 heterocycles. The Morgan fingerprint density at radius 2 is 2.12 bits per heavy atom. The highest BCUT2D eigenvalue weighted by molar-refractivity contribution is 7.10. The minimum Gasteiger partial charge on any atom is -0.477 e. The quantitative estimate of drug-likeness (QED) is 0.795. The smallest absolute Gasteiger partial charge is 0.259 e. The standard InChI is InChI=1S/C12H10ClNO2S/c1-2-16-12-9(11(13)15)10(17-14-12)8-6-4-3-5-7-8/h3-7H,2H2,1H3. The molecule has 0 aliphatic rings. The Labute approximate surface area is 108 Å². The third-order valence-corrected chi connectivity index (χ3v) is 3.24. The van der Waals surface area contributed by atoms with Crippen molar-refractivity contribution >= 4 is 28.4 Å². The lowest BCUT2D eigenvalue weighted by Crippen LogP contribution is -1.98. The molecule has 0 amide bonds. The number of aromatic nitrogens is 1. The van der Waals surface area contributed by atoms with Crippen molar-refractivity contribution in [2.75, 3.05) is 6.61 Å². The van der Waals surface area contributed by atoms with Crippen LogP contribution in [0.5, 0.6) is 5.88 Å². The fourth-order valence-corrected chi connectivity index (χ4v) is 2.53. The molecule has 17 heavy (non-hydrogen) atoms. The molecule has 88 valence electrons. The number of hydrogen-bond acceptors (Lipinski definition) is 4. The summed E-state index contributed by atoms with van der Waals surface area (Å²) in [4.78, 5) is 12.2. The SMILES string of the molecule is CCOc1nsc(-c2ccccc2)c1C(=O)Cl. The second-order valence-electron chi connectivity index (χ2n) is 3.26. The number of halogens is 1. The van der Waals surface area contributed by atoms with E-state index in [2.05, 4.69) is 4.37 Å². The molecule has 2 rings (SSSR count). The summed E-state index contributed by atoms with van der Waals surface area (Å²) in [5.41, 5.74) is 1.27. The molecule has 0 aliphatic heterocycles. The van der Waals surface area contributed by atoms with Gasteiger partial charge in [-0.2, -0.15) is 4.37 Å². The minimum atomic E-state index is -0.541. The summed E-state index contributed by atoms with van der Waals surface area (Å²) in [6.45, 7) is 2.29. The molecule has 0 unspecified atom stereocenters. The van der Waals surface area contributed by atoms with Crippen LogP contribution in [0.2, 0.25) is 0 Å². The van der Waals surface area contributed by atoms with Crippen LogP contribution in [0.4, 0.5) is 0 Å². The van der Waals surface area contributed by atoms with Gasteiger partial charge in [0.25, 0.3) is 5.24 Å². The van der Waals surface area contributed by atoms with Crippen molar-refractivity contribution in [2.45, 2.75) is 6.92 Å². The fourth-order valence-electron chi connectivity index (χ4n) is 1.47. The van der Waals surface area contributed by atoms with Gasteiger partial charge in [-0.3, -0.25) is 4.79 Å². The topological polar surface area (TPSA) is 39.2 Å². The van der Waals surface area contributed by atoms with E-state index in [1.165, 1.54) is 11.5 Å². The van der Waals surface area contributed by atoms with E-state index in [0.29, 0.717) is 18.1 Å². The molecular weight excluding hydrogens is 258 g/mol. The highest BCUT2D eigenvalue weighted by Crippen LogP contribution is 2.35. The fraction of sp³-hybridized carbons (Fsp3) is 0.167. The second-order valence-corrected chi connectivity index (χ2v) is 4.38. The lowest BCUT2D eigenvalue weighted by Gasteiger charge is -2.01. The van der Waals surface area contributed by atoms with E-state index in [9.17, 15) is 4.79 Å². The third-order valence-electron chi connectivity index (χ3n) is 2.17. The first-order valence-corrected chi connectivity index (χ1v) is 6.27. The van der Waals surface area contributed by atoms with Gasteiger partial charge in [-0.15, -0.1) is 0 Å². The molecular formula is C12H10ClNO2S. The largest absolute Gasteiger partial charge is 0.477 e. The lowest BCUT2D eigenvalue weighted by molar-refractivity contribution is 0.107. The Morgan fingerprint density at radius 1 is 1.41 bits per heavy atom. The number of carbonyl (C=O) groups excluding carboxylic acids is 1. The molecule has 0 aliphatic carbocycles. The Kier molecular flexibility index (Phi) is 3.76. The summed E-state index contributed by atoms with van der Waals surface area (Å²) in [5, 5.41) is -0.541. The van der Waals surface area contributed by atoms with Gasteiger partial charge in [0.15, 0.2) is 0 Å². The van der Waals surface area contributed by atoms with Gasteiger partial charge in [-0.05, 0) is 35.6 Å². The van der Waals surface area contributed by atoms with Gasteiger partial charge in [0.05, 0.1) is 11.5 Å². The molecule has 1 aromatic carbocycles. The van der Waals surface area contributed by atoms with Crippen molar-refractivity contribution in [3.8, 4) is 16.3 Å². The van der Waals surface area contributed by atoms with Gasteiger partial charge >= 0.3 is 0 Å². The van der Waals surface area contributed by atoms with Gasteiger partial charge in [-0.25, -0.2) is 0 Å². The maximum Gasteiger partial charge on any atom is 0.259 e. The molecule has 0 radical (unpaired) electrons. The zero-order valence-corrected chi connectivity index (χ0v) is 10.7. The van der Waals surface area contributed by atoms with E-state index >= 15 is 0 Å². The molecule has 0 fully saturated rings. The Bertz CT molecular complexity index is 525. The van der Waals surface area contributed by atoms with Crippen LogP contribution >= 0.6 is 23.1 Å². The van der Waals surface area contributed by atoms with E-state index in [1.54, 1.807) is 0 Å². The number of rotatable bonds is 4.